The van der Waals surface area contributed by atoms with Crippen LogP contribution in [-0.4, -0.2) is 39.2 Å². The molecule has 0 fully saturated rings. The lowest BCUT2D eigenvalue weighted by molar-refractivity contribution is -0.116. The Morgan fingerprint density at radius 2 is 1.90 bits per heavy atom. The molecule has 1 atom stereocenters. The van der Waals surface area contributed by atoms with Crippen LogP contribution in [-0.2, 0) is 19.6 Å². The second kappa shape index (κ2) is 9.04. The normalized spacial score (nSPS) is 12.2. The minimum absolute atomic E-state index is 0.0459. The van der Waals surface area contributed by atoms with Crippen LogP contribution < -0.4 is 9.62 Å². The Hall–Kier alpha value is -2.94. The van der Waals surface area contributed by atoms with E-state index in [2.05, 4.69) is 5.32 Å². The number of aryl methyl sites for hydroxylation is 1. The number of rotatable bonds is 7. The molecule has 0 aromatic heterocycles. The molecular weight excluding hydrogens is 399 g/mol. The molecule has 156 valence electrons. The van der Waals surface area contributed by atoms with Crippen LogP contribution in [0.15, 0.2) is 42.5 Å². The predicted molar refractivity (Wildman–Crippen MR) is 109 cm³/mol. The highest BCUT2D eigenvalue weighted by Crippen LogP contribution is 2.23. The van der Waals surface area contributed by atoms with Gasteiger partial charge in [-0.2, -0.15) is 0 Å². The van der Waals surface area contributed by atoms with E-state index in [4.69, 9.17) is 4.74 Å². The second-order valence-electron chi connectivity index (χ2n) is 6.45. The van der Waals surface area contributed by atoms with E-state index in [0.717, 1.165) is 16.6 Å². The van der Waals surface area contributed by atoms with Crippen LogP contribution in [0.4, 0.5) is 15.8 Å². The Morgan fingerprint density at radius 1 is 1.21 bits per heavy atom. The molecule has 0 aliphatic rings. The van der Waals surface area contributed by atoms with E-state index in [-0.39, 0.29) is 12.3 Å². The van der Waals surface area contributed by atoms with Crippen molar-refractivity contribution in [3.8, 4) is 0 Å². The molecule has 2 rings (SSSR count). The number of esters is 1. The van der Waals surface area contributed by atoms with Crippen LogP contribution in [0.25, 0.3) is 0 Å². The van der Waals surface area contributed by atoms with E-state index < -0.39 is 33.8 Å². The van der Waals surface area contributed by atoms with E-state index in [1.54, 1.807) is 26.0 Å². The lowest BCUT2D eigenvalue weighted by atomic mass is 10.1. The molecular formula is C20H23FN2O5S. The van der Waals surface area contributed by atoms with Crippen molar-refractivity contribution in [2.24, 2.45) is 0 Å². The monoisotopic (exact) mass is 422 g/mol. The molecule has 7 nitrogen and oxygen atoms in total. The molecule has 0 aliphatic carbocycles. The topological polar surface area (TPSA) is 92.8 Å². The first-order chi connectivity index (χ1) is 13.5. The van der Waals surface area contributed by atoms with Gasteiger partial charge in [0.25, 0.3) is 0 Å². The lowest BCUT2D eigenvalue weighted by Crippen LogP contribution is -2.45. The Balaban J connectivity index is 2.27. The maximum atomic E-state index is 13.6. The summed E-state index contributed by atoms with van der Waals surface area (Å²) in [7, 11) is -3.86. The van der Waals surface area contributed by atoms with Gasteiger partial charge in [0.05, 0.1) is 24.1 Å². The van der Waals surface area contributed by atoms with Crippen LogP contribution in [0.3, 0.4) is 0 Å². The van der Waals surface area contributed by atoms with Gasteiger partial charge in [-0.05, 0) is 62.7 Å². The number of carbonyl (C=O) groups is 2. The number of nitrogens with one attached hydrogen (secondary N) is 1. The van der Waals surface area contributed by atoms with Crippen molar-refractivity contribution in [2.75, 3.05) is 22.5 Å². The molecule has 0 saturated carbocycles. The van der Waals surface area contributed by atoms with Gasteiger partial charge in [0.1, 0.15) is 11.9 Å². The van der Waals surface area contributed by atoms with Crippen LogP contribution in [0, 0.1) is 12.7 Å². The molecule has 0 radical (unpaired) electrons. The summed E-state index contributed by atoms with van der Waals surface area (Å²) in [5.74, 6) is -1.70. The summed E-state index contributed by atoms with van der Waals surface area (Å²) in [6, 6.07) is 8.48. The van der Waals surface area contributed by atoms with Gasteiger partial charge in [-0.1, -0.05) is 6.07 Å². The van der Waals surface area contributed by atoms with E-state index >= 15 is 0 Å². The molecule has 2 aromatic carbocycles. The summed E-state index contributed by atoms with van der Waals surface area (Å²) in [5.41, 5.74) is 1.41. The Bertz CT molecular complexity index is 1020. The third kappa shape index (κ3) is 5.54. The maximum absolute atomic E-state index is 13.6. The summed E-state index contributed by atoms with van der Waals surface area (Å²) < 4.78 is 43.9. The van der Waals surface area contributed by atoms with Crippen LogP contribution in [0.5, 0.6) is 0 Å². The largest absolute Gasteiger partial charge is 0.462 e. The summed E-state index contributed by atoms with van der Waals surface area (Å²) >= 11 is 0. The van der Waals surface area contributed by atoms with Crippen molar-refractivity contribution in [1.29, 1.82) is 0 Å². The molecule has 0 unspecified atom stereocenters. The van der Waals surface area contributed by atoms with E-state index in [1.165, 1.54) is 31.2 Å². The highest BCUT2D eigenvalue weighted by atomic mass is 32.2. The Labute approximate surface area is 169 Å². The van der Waals surface area contributed by atoms with Gasteiger partial charge in [0, 0.05) is 5.69 Å². The first-order valence-electron chi connectivity index (χ1n) is 8.88. The smallest absolute Gasteiger partial charge is 0.338 e. The van der Waals surface area contributed by atoms with E-state index in [9.17, 15) is 22.4 Å². The van der Waals surface area contributed by atoms with Gasteiger partial charge in [0.15, 0.2) is 0 Å². The first-order valence-corrected chi connectivity index (χ1v) is 10.7. The van der Waals surface area contributed by atoms with Gasteiger partial charge >= 0.3 is 5.97 Å². The third-order valence-electron chi connectivity index (χ3n) is 4.15. The predicted octanol–water partition coefficient (Wildman–Crippen LogP) is 3.10. The van der Waals surface area contributed by atoms with Crippen molar-refractivity contribution in [1.82, 2.24) is 0 Å². The number of carbonyl (C=O) groups excluding carboxylic acids is 2. The number of nitrogens with zero attached hydrogens (tertiary/aromatic N) is 1. The van der Waals surface area contributed by atoms with Crippen molar-refractivity contribution < 1.29 is 27.1 Å². The molecule has 29 heavy (non-hydrogen) atoms. The van der Waals surface area contributed by atoms with Crippen molar-refractivity contribution in [2.45, 2.75) is 26.8 Å². The fourth-order valence-corrected chi connectivity index (χ4v) is 3.97. The van der Waals surface area contributed by atoms with Gasteiger partial charge in [-0.3, -0.25) is 9.10 Å². The molecule has 0 heterocycles. The van der Waals surface area contributed by atoms with E-state index in [0.29, 0.717) is 16.8 Å². The average molecular weight is 422 g/mol. The molecule has 0 bridgehead atoms. The summed E-state index contributed by atoms with van der Waals surface area (Å²) in [6.07, 6.45) is 0.946. The second-order valence-corrected chi connectivity index (χ2v) is 8.31. The van der Waals surface area contributed by atoms with Gasteiger partial charge in [0.2, 0.25) is 15.9 Å². The summed E-state index contributed by atoms with van der Waals surface area (Å²) in [5, 5.41) is 2.65. The first kappa shape index (κ1) is 22.4. The number of benzene rings is 2. The van der Waals surface area contributed by atoms with Crippen LogP contribution >= 0.6 is 0 Å². The number of sulfonamides is 1. The zero-order valence-corrected chi connectivity index (χ0v) is 17.4. The van der Waals surface area contributed by atoms with Crippen molar-refractivity contribution in [3.63, 3.8) is 0 Å². The molecule has 2 aromatic rings. The third-order valence-corrected chi connectivity index (χ3v) is 5.39. The van der Waals surface area contributed by atoms with E-state index in [1.807, 2.05) is 0 Å². The zero-order valence-electron chi connectivity index (χ0n) is 16.6. The van der Waals surface area contributed by atoms with Crippen LogP contribution in [0.1, 0.15) is 29.8 Å². The molecule has 0 aliphatic heterocycles. The molecule has 1 amide bonds. The molecule has 0 saturated heterocycles. The highest BCUT2D eigenvalue weighted by molar-refractivity contribution is 7.92. The maximum Gasteiger partial charge on any atom is 0.338 e. The number of amides is 1. The summed E-state index contributed by atoms with van der Waals surface area (Å²) in [4.78, 5) is 24.5. The number of halogens is 1. The standard InChI is InChI=1S/C20H23FN2O5S/c1-5-28-20(25)15-9-10-18(13(2)11-15)22-19(24)14(3)23(29(4,26)27)17-8-6-7-16(21)12-17/h6-12,14H,5H2,1-4H3,(H,22,24)/t14-/m0/s1. The minimum atomic E-state index is -3.86. The Morgan fingerprint density at radius 3 is 2.45 bits per heavy atom. The minimum Gasteiger partial charge on any atom is -0.462 e. The van der Waals surface area contributed by atoms with Gasteiger partial charge in [-0.25, -0.2) is 17.6 Å². The lowest BCUT2D eigenvalue weighted by Gasteiger charge is -2.28. The summed E-state index contributed by atoms with van der Waals surface area (Å²) in [6.45, 7) is 5.05. The van der Waals surface area contributed by atoms with Crippen molar-refractivity contribution in [3.05, 3.63) is 59.4 Å². The fraction of sp³-hybridized carbons (Fsp3) is 0.300. The fourth-order valence-electron chi connectivity index (χ4n) is 2.80. The highest BCUT2D eigenvalue weighted by Gasteiger charge is 2.29. The molecule has 1 N–H and O–H groups in total. The van der Waals surface area contributed by atoms with Gasteiger partial charge < -0.3 is 10.1 Å². The van der Waals surface area contributed by atoms with Gasteiger partial charge in [-0.15, -0.1) is 0 Å². The number of ether oxygens (including phenoxy) is 1. The molecule has 0 spiro atoms. The number of hydrogen-bond donors (Lipinski definition) is 1. The quantitative estimate of drug-likeness (QED) is 0.692. The average Bonchev–Trinajstić information content (AvgIpc) is 2.62. The molecule has 9 heteroatoms. The number of hydrogen-bond acceptors (Lipinski definition) is 5. The number of anilines is 2. The zero-order chi connectivity index (χ0) is 21.8. The SMILES string of the molecule is CCOC(=O)c1ccc(NC(=O)[C@H](C)N(c2cccc(F)c2)S(C)(=O)=O)c(C)c1. The van der Waals surface area contributed by atoms with Crippen LogP contribution in [0.2, 0.25) is 0 Å². The van der Waals surface area contributed by atoms with Crippen molar-refractivity contribution >= 4 is 33.3 Å². The Kier molecular flexibility index (Phi) is 6.97.